The highest BCUT2D eigenvalue weighted by Crippen LogP contribution is 2.18. The second-order valence-electron chi connectivity index (χ2n) is 5.20. The lowest BCUT2D eigenvalue weighted by atomic mass is 10.2. The molecule has 1 heterocycles. The zero-order valence-corrected chi connectivity index (χ0v) is 13.5. The topological polar surface area (TPSA) is 68.2 Å². The largest absolute Gasteiger partial charge is 0.497 e. The van der Waals surface area contributed by atoms with Crippen molar-refractivity contribution >= 4 is 17.4 Å². The predicted molar refractivity (Wildman–Crippen MR) is 93.9 cm³/mol. The van der Waals surface area contributed by atoms with Crippen molar-refractivity contribution in [3.63, 3.8) is 0 Å². The average Bonchev–Trinajstić information content (AvgIpc) is 3.01. The molecule has 0 saturated carbocycles. The number of hydrogen-bond donors (Lipinski definition) is 2. The monoisotopic (exact) mass is 322 g/mol. The van der Waals surface area contributed by atoms with Gasteiger partial charge in [-0.25, -0.2) is 9.78 Å². The smallest absolute Gasteiger partial charge is 0.323 e. The summed E-state index contributed by atoms with van der Waals surface area (Å²) in [7, 11) is 1.59. The van der Waals surface area contributed by atoms with Crippen molar-refractivity contribution in [1.29, 1.82) is 0 Å². The number of nitrogens with zero attached hydrogens (tertiary/aromatic N) is 2. The lowest BCUT2D eigenvalue weighted by molar-refractivity contribution is 0.262. The van der Waals surface area contributed by atoms with Crippen LogP contribution in [-0.2, 0) is 0 Å². The Labute approximate surface area is 140 Å². The van der Waals surface area contributed by atoms with Crippen LogP contribution in [0.1, 0.15) is 5.82 Å². The van der Waals surface area contributed by atoms with Gasteiger partial charge in [0.05, 0.1) is 7.11 Å². The zero-order chi connectivity index (χ0) is 16.9. The summed E-state index contributed by atoms with van der Waals surface area (Å²) in [6, 6.07) is 14.4. The molecule has 0 aliphatic carbocycles. The third-order valence-corrected chi connectivity index (χ3v) is 3.56. The Hall–Kier alpha value is -3.28. The van der Waals surface area contributed by atoms with Crippen LogP contribution in [-0.4, -0.2) is 22.7 Å². The summed E-state index contributed by atoms with van der Waals surface area (Å²) < 4.78 is 7.11. The van der Waals surface area contributed by atoms with Gasteiger partial charge < -0.3 is 19.9 Å². The van der Waals surface area contributed by atoms with Crippen LogP contribution in [0.4, 0.5) is 16.2 Å². The van der Waals surface area contributed by atoms with E-state index < -0.39 is 0 Å². The normalized spacial score (nSPS) is 10.2. The van der Waals surface area contributed by atoms with Gasteiger partial charge in [0.1, 0.15) is 11.6 Å². The van der Waals surface area contributed by atoms with Gasteiger partial charge in [-0.3, -0.25) is 0 Å². The number of nitrogens with one attached hydrogen (secondary N) is 2. The number of aryl methyl sites for hydroxylation is 1. The predicted octanol–water partition coefficient (Wildman–Crippen LogP) is 3.83. The number of imidazole rings is 1. The number of aromatic nitrogens is 2. The second kappa shape index (κ2) is 6.87. The molecule has 0 radical (unpaired) electrons. The second-order valence-corrected chi connectivity index (χ2v) is 5.20. The molecule has 0 fully saturated rings. The van der Waals surface area contributed by atoms with E-state index in [1.165, 1.54) is 0 Å². The van der Waals surface area contributed by atoms with Crippen LogP contribution in [0.25, 0.3) is 5.69 Å². The summed E-state index contributed by atoms with van der Waals surface area (Å²) in [6.45, 7) is 1.94. The molecular formula is C18H18N4O2. The van der Waals surface area contributed by atoms with Gasteiger partial charge >= 0.3 is 6.03 Å². The number of methoxy groups -OCH3 is 1. The van der Waals surface area contributed by atoms with Gasteiger partial charge in [-0.15, -0.1) is 0 Å². The van der Waals surface area contributed by atoms with Crippen LogP contribution in [0.2, 0.25) is 0 Å². The molecule has 122 valence electrons. The van der Waals surface area contributed by atoms with E-state index in [9.17, 15) is 4.79 Å². The molecule has 6 nitrogen and oxygen atoms in total. The van der Waals surface area contributed by atoms with Crippen molar-refractivity contribution in [2.75, 3.05) is 17.7 Å². The van der Waals surface area contributed by atoms with E-state index in [0.717, 1.165) is 11.5 Å². The SMILES string of the molecule is COc1cccc(NC(=O)Nc2ccc(-n3ccnc3C)cc2)c1. The maximum absolute atomic E-state index is 12.1. The lowest BCUT2D eigenvalue weighted by Gasteiger charge is -2.10. The molecule has 0 saturated heterocycles. The average molecular weight is 322 g/mol. The molecule has 6 heteroatoms. The number of benzene rings is 2. The van der Waals surface area contributed by atoms with Gasteiger partial charge in [0, 0.05) is 35.5 Å². The van der Waals surface area contributed by atoms with E-state index in [1.807, 2.05) is 54.1 Å². The maximum Gasteiger partial charge on any atom is 0.323 e. The first-order valence-electron chi connectivity index (χ1n) is 7.48. The fraction of sp³-hybridized carbons (Fsp3) is 0.111. The van der Waals surface area contributed by atoms with Gasteiger partial charge in [-0.05, 0) is 43.3 Å². The van der Waals surface area contributed by atoms with Crippen LogP contribution in [0.5, 0.6) is 5.75 Å². The quantitative estimate of drug-likeness (QED) is 0.767. The van der Waals surface area contributed by atoms with Gasteiger partial charge in [0.2, 0.25) is 0 Å². The number of carbonyl (C=O) groups is 1. The molecule has 0 unspecified atom stereocenters. The van der Waals surface area contributed by atoms with Crippen molar-refractivity contribution in [1.82, 2.24) is 9.55 Å². The fourth-order valence-corrected chi connectivity index (χ4v) is 2.35. The van der Waals surface area contributed by atoms with Crippen LogP contribution in [0, 0.1) is 6.92 Å². The lowest BCUT2D eigenvalue weighted by Crippen LogP contribution is -2.19. The molecule has 0 aliphatic heterocycles. The van der Waals surface area contributed by atoms with E-state index in [-0.39, 0.29) is 6.03 Å². The molecule has 0 aliphatic rings. The van der Waals surface area contributed by atoms with Crippen molar-refractivity contribution in [2.45, 2.75) is 6.92 Å². The molecule has 2 amide bonds. The number of carbonyl (C=O) groups excluding carboxylic acids is 1. The molecule has 24 heavy (non-hydrogen) atoms. The van der Waals surface area contributed by atoms with Crippen molar-refractivity contribution < 1.29 is 9.53 Å². The Morgan fingerprint density at radius 1 is 1.08 bits per heavy atom. The van der Waals surface area contributed by atoms with Crippen molar-refractivity contribution in [3.05, 3.63) is 66.7 Å². The number of urea groups is 1. The van der Waals surface area contributed by atoms with Crippen molar-refractivity contribution in [3.8, 4) is 11.4 Å². The molecule has 0 spiro atoms. The summed E-state index contributed by atoms with van der Waals surface area (Å²) in [6.07, 6.45) is 3.65. The van der Waals surface area contributed by atoms with E-state index in [2.05, 4.69) is 15.6 Å². The maximum atomic E-state index is 12.1. The molecule has 2 N–H and O–H groups in total. The summed E-state index contributed by atoms with van der Waals surface area (Å²) in [5.74, 6) is 1.60. The Morgan fingerprint density at radius 2 is 1.83 bits per heavy atom. The molecule has 1 aromatic heterocycles. The highest BCUT2D eigenvalue weighted by Gasteiger charge is 2.05. The molecule has 3 rings (SSSR count). The van der Waals surface area contributed by atoms with Gasteiger partial charge in [0.15, 0.2) is 0 Å². The minimum atomic E-state index is -0.310. The zero-order valence-electron chi connectivity index (χ0n) is 13.5. The summed E-state index contributed by atoms with van der Waals surface area (Å²) >= 11 is 0. The minimum absolute atomic E-state index is 0.310. The number of hydrogen-bond acceptors (Lipinski definition) is 3. The number of ether oxygens (including phenoxy) is 1. The van der Waals surface area contributed by atoms with Gasteiger partial charge in [-0.2, -0.15) is 0 Å². The minimum Gasteiger partial charge on any atom is -0.497 e. The van der Waals surface area contributed by atoms with Crippen LogP contribution >= 0.6 is 0 Å². The van der Waals surface area contributed by atoms with Gasteiger partial charge in [-0.1, -0.05) is 6.07 Å². The number of rotatable bonds is 4. The summed E-state index contributed by atoms with van der Waals surface area (Å²) in [5.41, 5.74) is 2.36. The highest BCUT2D eigenvalue weighted by atomic mass is 16.5. The Balaban J connectivity index is 1.65. The third kappa shape index (κ3) is 3.55. The summed E-state index contributed by atoms with van der Waals surface area (Å²) in [4.78, 5) is 16.3. The highest BCUT2D eigenvalue weighted by molar-refractivity contribution is 5.99. The van der Waals surface area contributed by atoms with E-state index in [0.29, 0.717) is 17.1 Å². The molecule has 0 bridgehead atoms. The van der Waals surface area contributed by atoms with Gasteiger partial charge in [0.25, 0.3) is 0 Å². The standard InChI is InChI=1S/C18H18N4O2/c1-13-19-10-11-22(13)16-8-6-14(7-9-16)20-18(23)21-15-4-3-5-17(12-15)24-2/h3-12H,1-2H3,(H2,20,21,23). The number of amides is 2. The number of anilines is 2. The fourth-order valence-electron chi connectivity index (χ4n) is 2.35. The van der Waals surface area contributed by atoms with Crippen molar-refractivity contribution in [2.24, 2.45) is 0 Å². The summed E-state index contributed by atoms with van der Waals surface area (Å²) in [5, 5.41) is 5.57. The Kier molecular flexibility index (Phi) is 4.47. The first-order chi connectivity index (χ1) is 11.7. The molecule has 2 aromatic carbocycles. The molecule has 3 aromatic rings. The Morgan fingerprint density at radius 3 is 2.50 bits per heavy atom. The van der Waals surface area contributed by atoms with E-state index in [1.54, 1.807) is 25.4 Å². The third-order valence-electron chi connectivity index (χ3n) is 3.56. The first kappa shape index (κ1) is 15.6. The van der Waals surface area contributed by atoms with E-state index in [4.69, 9.17) is 4.74 Å². The first-order valence-corrected chi connectivity index (χ1v) is 7.48. The van der Waals surface area contributed by atoms with Crippen LogP contribution in [0.15, 0.2) is 60.9 Å². The molecular weight excluding hydrogens is 304 g/mol. The molecule has 0 atom stereocenters. The Bertz CT molecular complexity index is 840. The van der Waals surface area contributed by atoms with E-state index >= 15 is 0 Å². The van der Waals surface area contributed by atoms with Crippen LogP contribution < -0.4 is 15.4 Å². The van der Waals surface area contributed by atoms with Crippen LogP contribution in [0.3, 0.4) is 0 Å².